The average Bonchev–Trinajstić information content (AvgIpc) is 3.97. The molecule has 0 unspecified atom stereocenters. The van der Waals surface area contributed by atoms with Gasteiger partial charge in [0.15, 0.2) is 5.84 Å². The number of pyridine rings is 1. The summed E-state index contributed by atoms with van der Waals surface area (Å²) in [7, 11) is 0. The van der Waals surface area contributed by atoms with E-state index in [4.69, 9.17) is 15.0 Å². The first-order valence-corrected chi connectivity index (χ1v) is 23.2. The van der Waals surface area contributed by atoms with Gasteiger partial charge in [0.2, 0.25) is 0 Å². The molecule has 0 saturated carbocycles. The summed E-state index contributed by atoms with van der Waals surface area (Å²) in [4.78, 5) is 15.1. The number of amidine groups is 1. The van der Waals surface area contributed by atoms with Crippen LogP contribution in [0.2, 0.25) is 0 Å². The van der Waals surface area contributed by atoms with Crippen molar-refractivity contribution >= 4 is 102 Å². The van der Waals surface area contributed by atoms with Crippen LogP contribution in [0.1, 0.15) is 23.1 Å². The van der Waals surface area contributed by atoms with Gasteiger partial charge in [-0.05, 0) is 82.4 Å². The third-order valence-electron chi connectivity index (χ3n) is 12.6. The minimum Gasteiger partial charge on any atom is -0.309 e. The summed E-state index contributed by atoms with van der Waals surface area (Å²) in [5.41, 5.74) is 13.3. The molecule has 64 heavy (non-hydrogen) atoms. The Kier molecular flexibility index (Phi) is 8.61. The number of hydrogen-bond donors (Lipinski definition) is 0. The first kappa shape index (κ1) is 36.8. The summed E-state index contributed by atoms with van der Waals surface area (Å²) in [5.74, 6) is 0.706. The van der Waals surface area contributed by atoms with Crippen molar-refractivity contribution in [3.8, 4) is 27.9 Å². The van der Waals surface area contributed by atoms with Crippen LogP contribution >= 0.6 is 22.7 Å². The number of thiophene rings is 2. The van der Waals surface area contributed by atoms with Crippen molar-refractivity contribution in [1.29, 1.82) is 0 Å². The molecular weight excluding hydrogens is 817 g/mol. The van der Waals surface area contributed by atoms with Crippen LogP contribution in [0.15, 0.2) is 217 Å². The van der Waals surface area contributed by atoms with Gasteiger partial charge in [0.1, 0.15) is 0 Å². The Bertz CT molecular complexity index is 3910. The largest absolute Gasteiger partial charge is 0.309 e. The number of allylic oxidation sites excluding steroid dienone is 1. The molecule has 0 bridgehead atoms. The molecule has 300 valence electrons. The van der Waals surface area contributed by atoms with Gasteiger partial charge in [0.05, 0.1) is 27.1 Å². The van der Waals surface area contributed by atoms with Crippen LogP contribution in [0.4, 0.5) is 0 Å². The number of fused-ring (bicyclic) bond motifs is 9. The molecule has 4 aromatic heterocycles. The zero-order valence-electron chi connectivity index (χ0n) is 34.4. The van der Waals surface area contributed by atoms with Gasteiger partial charge in [-0.3, -0.25) is 4.98 Å². The van der Waals surface area contributed by atoms with Crippen LogP contribution < -0.4 is 0 Å². The molecule has 0 fully saturated rings. The highest BCUT2D eigenvalue weighted by molar-refractivity contribution is 7.26. The fourth-order valence-electron chi connectivity index (χ4n) is 9.50. The third kappa shape index (κ3) is 6.14. The standard InChI is InChI=1S/C58H36N4S2/c1-3-11-37(12-4-1)49-26-27-50(38-13-5-2-6-14-38)61-58(60-49)39-21-19-36(20-22-39)48-34-59-35-56-57(48)47-32-41(24-29-55(47)64-56)40-23-28-52-45(31-40)43-15-7-9-17-51(43)62(52)42-25-30-54-46(33-42)44-16-8-10-18-53(44)63-54/h1-26,28-35H,27H2. The predicted molar refractivity (Wildman–Crippen MR) is 274 cm³/mol. The van der Waals surface area contributed by atoms with Gasteiger partial charge in [0, 0.05) is 82.0 Å². The second kappa shape index (κ2) is 15.0. The molecule has 5 heterocycles. The lowest BCUT2D eigenvalue weighted by atomic mass is 9.97. The summed E-state index contributed by atoms with van der Waals surface area (Å²) >= 11 is 3.66. The number of aromatic nitrogens is 2. The first-order valence-electron chi connectivity index (χ1n) is 21.5. The van der Waals surface area contributed by atoms with E-state index in [1.54, 1.807) is 11.3 Å². The molecule has 1 aliphatic heterocycles. The highest BCUT2D eigenvalue weighted by Crippen LogP contribution is 2.43. The maximum absolute atomic E-state index is 5.19. The fraction of sp³-hybridized carbons (Fsp3) is 0.0172. The monoisotopic (exact) mass is 852 g/mol. The van der Waals surface area contributed by atoms with E-state index in [0.717, 1.165) is 39.2 Å². The highest BCUT2D eigenvalue weighted by atomic mass is 32.1. The molecule has 13 rings (SSSR count). The summed E-state index contributed by atoms with van der Waals surface area (Å²) in [5, 5.41) is 7.57. The minimum atomic E-state index is 0.696. The predicted octanol–water partition coefficient (Wildman–Crippen LogP) is 15.9. The van der Waals surface area contributed by atoms with Crippen molar-refractivity contribution in [2.24, 2.45) is 9.98 Å². The molecule has 12 aromatic rings. The molecule has 0 N–H and O–H groups in total. The van der Waals surface area contributed by atoms with E-state index in [1.807, 2.05) is 35.9 Å². The Balaban J connectivity index is 0.893. The Morgan fingerprint density at radius 3 is 1.88 bits per heavy atom. The van der Waals surface area contributed by atoms with E-state index in [0.29, 0.717) is 12.3 Å². The normalized spacial score (nSPS) is 13.2. The van der Waals surface area contributed by atoms with Gasteiger partial charge in [-0.2, -0.15) is 0 Å². The van der Waals surface area contributed by atoms with Crippen molar-refractivity contribution < 1.29 is 0 Å². The smallest absolute Gasteiger partial charge is 0.160 e. The van der Waals surface area contributed by atoms with Gasteiger partial charge in [-0.25, -0.2) is 9.98 Å². The Labute approximate surface area is 377 Å². The highest BCUT2D eigenvalue weighted by Gasteiger charge is 2.18. The van der Waals surface area contributed by atoms with Gasteiger partial charge in [0.25, 0.3) is 0 Å². The van der Waals surface area contributed by atoms with Crippen LogP contribution in [0.25, 0.3) is 95.8 Å². The van der Waals surface area contributed by atoms with Crippen LogP contribution in [-0.2, 0) is 0 Å². The van der Waals surface area contributed by atoms with Crippen molar-refractivity contribution in [3.05, 3.63) is 223 Å². The lowest BCUT2D eigenvalue weighted by Gasteiger charge is -2.09. The number of benzene rings is 8. The fourth-order valence-corrected chi connectivity index (χ4v) is 11.7. The van der Waals surface area contributed by atoms with Gasteiger partial charge < -0.3 is 4.57 Å². The topological polar surface area (TPSA) is 42.5 Å². The van der Waals surface area contributed by atoms with Crippen LogP contribution in [0.5, 0.6) is 0 Å². The molecule has 0 saturated heterocycles. The van der Waals surface area contributed by atoms with Gasteiger partial charge >= 0.3 is 0 Å². The van der Waals surface area contributed by atoms with Crippen LogP contribution in [0.3, 0.4) is 0 Å². The maximum atomic E-state index is 5.19. The molecule has 0 atom stereocenters. The molecule has 0 spiro atoms. The Morgan fingerprint density at radius 1 is 0.406 bits per heavy atom. The molecule has 8 aromatic carbocycles. The quantitative estimate of drug-likeness (QED) is 0.164. The van der Waals surface area contributed by atoms with Crippen molar-refractivity contribution in [1.82, 2.24) is 9.55 Å². The van der Waals surface area contributed by atoms with E-state index < -0.39 is 0 Å². The van der Waals surface area contributed by atoms with E-state index in [-0.39, 0.29) is 0 Å². The SMILES string of the molecule is C1=C(c2ccccc2)N=C(c2ccc(-c3cncc4sc5ccc(-c6ccc7c(c6)c6ccccc6n7-c6ccc7sc8ccccc8c7c6)cc5c34)cc2)N=C(c2ccccc2)C1. The lowest BCUT2D eigenvalue weighted by molar-refractivity contribution is 1.19. The molecule has 4 nitrogen and oxygen atoms in total. The first-order chi connectivity index (χ1) is 31.7. The number of nitrogens with zero attached hydrogens (tertiary/aromatic N) is 4. The van der Waals surface area contributed by atoms with E-state index >= 15 is 0 Å². The van der Waals surface area contributed by atoms with E-state index in [9.17, 15) is 0 Å². The minimum absolute atomic E-state index is 0.696. The molecule has 6 heteroatoms. The van der Waals surface area contributed by atoms with Crippen molar-refractivity contribution in [2.75, 3.05) is 0 Å². The number of rotatable bonds is 6. The molecule has 0 radical (unpaired) electrons. The van der Waals surface area contributed by atoms with Gasteiger partial charge in [-0.15, -0.1) is 22.7 Å². The number of para-hydroxylation sites is 1. The summed E-state index contributed by atoms with van der Waals surface area (Å²) in [6.07, 6.45) is 6.90. The summed E-state index contributed by atoms with van der Waals surface area (Å²) in [6.45, 7) is 0. The van der Waals surface area contributed by atoms with Crippen LogP contribution in [-0.4, -0.2) is 21.1 Å². The van der Waals surface area contributed by atoms with Crippen molar-refractivity contribution in [2.45, 2.75) is 6.42 Å². The maximum Gasteiger partial charge on any atom is 0.160 e. The molecular formula is C58H36N4S2. The molecule has 0 aliphatic carbocycles. The van der Waals surface area contributed by atoms with Gasteiger partial charge in [-0.1, -0.05) is 140 Å². The number of hydrogen-bond acceptors (Lipinski definition) is 5. The second-order valence-electron chi connectivity index (χ2n) is 16.3. The average molecular weight is 853 g/mol. The van der Waals surface area contributed by atoms with E-state index in [1.165, 1.54) is 79.0 Å². The van der Waals surface area contributed by atoms with Crippen LogP contribution in [0, 0.1) is 0 Å². The summed E-state index contributed by atoms with van der Waals surface area (Å²) < 4.78 is 7.48. The Morgan fingerprint density at radius 2 is 1.03 bits per heavy atom. The second-order valence-corrected chi connectivity index (χ2v) is 18.5. The molecule has 1 aliphatic rings. The van der Waals surface area contributed by atoms with Crippen molar-refractivity contribution in [3.63, 3.8) is 0 Å². The summed E-state index contributed by atoms with van der Waals surface area (Å²) in [6, 6.07) is 67.8. The third-order valence-corrected chi connectivity index (χ3v) is 14.8. The zero-order chi connectivity index (χ0) is 42.1. The Hall–Kier alpha value is -7.77. The molecule has 0 amide bonds. The zero-order valence-corrected chi connectivity index (χ0v) is 36.1. The lowest BCUT2D eigenvalue weighted by Crippen LogP contribution is -2.04. The van der Waals surface area contributed by atoms with E-state index in [2.05, 4.69) is 187 Å². The number of aliphatic imine (C=N–C) groups is 2.